The largest absolute Gasteiger partial charge is 0.244 e. The van der Waals surface area contributed by atoms with E-state index in [0.29, 0.717) is 12.1 Å². The van der Waals surface area contributed by atoms with Gasteiger partial charge in [0.15, 0.2) is 0 Å². The molecule has 2 heteroatoms. The predicted molar refractivity (Wildman–Crippen MR) is 164 cm³/mol. The van der Waals surface area contributed by atoms with E-state index < -0.39 is 0 Å². The number of imidazole rings is 1. The zero-order chi connectivity index (χ0) is 27.1. The molecule has 0 spiro atoms. The standard InChI is InChI=1S/C36H55N2/c1-5-6-7-8-9-10-11-12-13-14-15-22-27-35(38-29-28-37(31-38)32(2)3)36(4,34-25-20-17-21-26-34)30-33-23-18-16-19-24-33/h16-21,23-26,28-29,31-32,35H,5-15,22,27,30H2,1-4H3/q+1. The number of aromatic nitrogens is 2. The molecule has 1 heterocycles. The van der Waals surface area contributed by atoms with Crippen LogP contribution in [0.1, 0.15) is 134 Å². The van der Waals surface area contributed by atoms with E-state index in [0.717, 1.165) is 6.42 Å². The second kappa shape index (κ2) is 16.6. The molecular formula is C36H55N2+. The Morgan fingerprint density at radius 2 is 1.24 bits per heavy atom. The summed E-state index contributed by atoms with van der Waals surface area (Å²) in [5.41, 5.74) is 2.87. The first kappa shape index (κ1) is 30.2. The van der Waals surface area contributed by atoms with Crippen molar-refractivity contribution in [1.82, 2.24) is 4.57 Å². The molecule has 38 heavy (non-hydrogen) atoms. The van der Waals surface area contributed by atoms with Gasteiger partial charge in [0.2, 0.25) is 6.33 Å². The molecule has 0 amide bonds. The monoisotopic (exact) mass is 515 g/mol. The summed E-state index contributed by atoms with van der Waals surface area (Å²) in [5.74, 6) is 0. The highest BCUT2D eigenvalue weighted by atomic mass is 15.1. The quantitative estimate of drug-likeness (QED) is 0.111. The van der Waals surface area contributed by atoms with Gasteiger partial charge in [-0.3, -0.25) is 0 Å². The number of nitrogens with zero attached hydrogens (tertiary/aromatic N) is 2. The normalized spacial score (nSPS) is 14.0. The van der Waals surface area contributed by atoms with Crippen molar-refractivity contribution in [1.29, 1.82) is 0 Å². The van der Waals surface area contributed by atoms with E-state index in [4.69, 9.17) is 0 Å². The van der Waals surface area contributed by atoms with Crippen LogP contribution in [0.15, 0.2) is 79.4 Å². The Balaban J connectivity index is 1.65. The smallest absolute Gasteiger partial charge is 0.235 e. The average Bonchev–Trinajstić information content (AvgIpc) is 3.42. The van der Waals surface area contributed by atoms with Gasteiger partial charge in [-0.1, -0.05) is 145 Å². The van der Waals surface area contributed by atoms with Crippen molar-refractivity contribution < 1.29 is 4.57 Å². The number of hydrogen-bond donors (Lipinski definition) is 0. The molecule has 2 nitrogen and oxygen atoms in total. The summed E-state index contributed by atoms with van der Waals surface area (Å²) < 4.78 is 4.87. The maximum absolute atomic E-state index is 2.52. The minimum Gasteiger partial charge on any atom is -0.235 e. The summed E-state index contributed by atoms with van der Waals surface area (Å²) in [7, 11) is 0. The van der Waals surface area contributed by atoms with Crippen molar-refractivity contribution in [2.24, 2.45) is 0 Å². The molecule has 0 aliphatic rings. The summed E-state index contributed by atoms with van der Waals surface area (Å²) >= 11 is 0. The van der Waals surface area contributed by atoms with Crippen LogP contribution >= 0.6 is 0 Å². The average molecular weight is 516 g/mol. The van der Waals surface area contributed by atoms with Crippen LogP contribution in [0.5, 0.6) is 0 Å². The Bertz CT molecular complexity index is 990. The van der Waals surface area contributed by atoms with Gasteiger partial charge in [0, 0.05) is 5.41 Å². The minimum absolute atomic E-state index is 0.00815. The SMILES string of the molecule is CCCCCCCCCCCCCCC([n+]1ccn(C(C)C)c1)C(C)(Cc1ccccc1)c1ccccc1. The van der Waals surface area contributed by atoms with Crippen LogP contribution in [-0.2, 0) is 11.8 Å². The molecule has 2 atom stereocenters. The predicted octanol–water partition coefficient (Wildman–Crippen LogP) is 10.2. The Morgan fingerprint density at radius 3 is 1.76 bits per heavy atom. The Morgan fingerprint density at radius 1 is 0.711 bits per heavy atom. The molecule has 0 bridgehead atoms. The van der Waals surface area contributed by atoms with Crippen molar-refractivity contribution in [3.05, 3.63) is 90.5 Å². The van der Waals surface area contributed by atoms with Gasteiger partial charge in [-0.05, 0) is 44.2 Å². The molecule has 0 saturated heterocycles. The van der Waals surface area contributed by atoms with Crippen molar-refractivity contribution in [3.63, 3.8) is 0 Å². The Hall–Kier alpha value is -2.35. The molecule has 0 saturated carbocycles. The molecule has 3 rings (SSSR count). The van der Waals surface area contributed by atoms with Gasteiger partial charge in [-0.15, -0.1) is 0 Å². The van der Waals surface area contributed by atoms with Crippen molar-refractivity contribution >= 4 is 0 Å². The lowest BCUT2D eigenvalue weighted by Crippen LogP contribution is -2.50. The van der Waals surface area contributed by atoms with E-state index in [1.807, 2.05) is 0 Å². The lowest BCUT2D eigenvalue weighted by Gasteiger charge is -2.37. The number of rotatable bonds is 19. The van der Waals surface area contributed by atoms with E-state index in [1.54, 1.807) is 0 Å². The Kier molecular flexibility index (Phi) is 13.2. The highest BCUT2D eigenvalue weighted by molar-refractivity contribution is 5.29. The van der Waals surface area contributed by atoms with Crippen molar-refractivity contribution in [2.45, 2.75) is 135 Å². The third kappa shape index (κ3) is 9.44. The summed E-state index contributed by atoms with van der Waals surface area (Å²) in [6.45, 7) is 9.34. The van der Waals surface area contributed by atoms with Crippen molar-refractivity contribution in [2.75, 3.05) is 0 Å². The number of benzene rings is 2. The minimum atomic E-state index is 0.00815. The van der Waals surface area contributed by atoms with E-state index in [9.17, 15) is 0 Å². The summed E-state index contributed by atoms with van der Waals surface area (Å²) in [6.07, 6.45) is 25.9. The van der Waals surface area contributed by atoms with Gasteiger partial charge >= 0.3 is 0 Å². The van der Waals surface area contributed by atoms with Crippen LogP contribution in [0.4, 0.5) is 0 Å². The maximum Gasteiger partial charge on any atom is 0.244 e. The summed E-state index contributed by atoms with van der Waals surface area (Å²) in [6, 6.07) is 23.2. The van der Waals surface area contributed by atoms with Crippen LogP contribution in [0, 0.1) is 0 Å². The molecule has 0 fully saturated rings. The zero-order valence-electron chi connectivity index (χ0n) is 25.0. The molecule has 0 N–H and O–H groups in total. The topological polar surface area (TPSA) is 8.81 Å². The first-order valence-corrected chi connectivity index (χ1v) is 15.7. The second-order valence-corrected chi connectivity index (χ2v) is 12.0. The lowest BCUT2D eigenvalue weighted by molar-refractivity contribution is -0.732. The molecule has 1 aromatic heterocycles. The van der Waals surface area contributed by atoms with Gasteiger partial charge in [0.05, 0.1) is 6.04 Å². The number of hydrogen-bond acceptors (Lipinski definition) is 0. The van der Waals surface area contributed by atoms with Gasteiger partial charge in [0.25, 0.3) is 0 Å². The molecular weight excluding hydrogens is 460 g/mol. The van der Waals surface area contributed by atoms with E-state index in [1.165, 1.54) is 94.6 Å². The van der Waals surface area contributed by atoms with Crippen molar-refractivity contribution in [3.8, 4) is 0 Å². The fourth-order valence-electron chi connectivity index (χ4n) is 6.10. The highest BCUT2D eigenvalue weighted by Gasteiger charge is 2.40. The summed E-state index contributed by atoms with van der Waals surface area (Å²) in [4.78, 5) is 0. The first-order chi connectivity index (χ1) is 18.5. The first-order valence-electron chi connectivity index (χ1n) is 15.7. The van der Waals surface area contributed by atoms with Gasteiger partial charge in [-0.2, -0.15) is 0 Å². The molecule has 0 radical (unpaired) electrons. The van der Waals surface area contributed by atoms with E-state index in [-0.39, 0.29) is 5.41 Å². The highest BCUT2D eigenvalue weighted by Crippen LogP contribution is 2.39. The molecule has 2 unspecified atom stereocenters. The van der Waals surface area contributed by atoms with Gasteiger partial charge < -0.3 is 0 Å². The fourth-order valence-corrected chi connectivity index (χ4v) is 6.10. The van der Waals surface area contributed by atoms with Crippen LogP contribution in [0.2, 0.25) is 0 Å². The Labute approximate surface area is 234 Å². The zero-order valence-corrected chi connectivity index (χ0v) is 25.0. The second-order valence-electron chi connectivity index (χ2n) is 12.0. The lowest BCUT2D eigenvalue weighted by atomic mass is 9.70. The molecule has 208 valence electrons. The fraction of sp³-hybridized carbons (Fsp3) is 0.583. The van der Waals surface area contributed by atoms with Gasteiger partial charge in [0.1, 0.15) is 18.4 Å². The molecule has 0 aliphatic heterocycles. The maximum atomic E-state index is 2.52. The van der Waals surface area contributed by atoms with Crippen LogP contribution in [0.3, 0.4) is 0 Å². The van der Waals surface area contributed by atoms with E-state index in [2.05, 4.69) is 116 Å². The van der Waals surface area contributed by atoms with Crippen LogP contribution < -0.4 is 4.57 Å². The van der Waals surface area contributed by atoms with Crippen LogP contribution in [0.25, 0.3) is 0 Å². The molecule has 3 aromatic rings. The third-order valence-electron chi connectivity index (χ3n) is 8.55. The molecule has 2 aromatic carbocycles. The third-order valence-corrected chi connectivity index (χ3v) is 8.55. The van der Waals surface area contributed by atoms with Gasteiger partial charge in [-0.25, -0.2) is 9.13 Å². The van der Waals surface area contributed by atoms with E-state index >= 15 is 0 Å². The summed E-state index contributed by atoms with van der Waals surface area (Å²) in [5, 5.41) is 0. The number of unbranched alkanes of at least 4 members (excludes halogenated alkanes) is 11. The molecule has 0 aliphatic carbocycles. The van der Waals surface area contributed by atoms with Crippen LogP contribution in [-0.4, -0.2) is 4.57 Å².